The summed E-state index contributed by atoms with van der Waals surface area (Å²) in [6.45, 7) is 7.64. The molecule has 4 unspecified atom stereocenters. The Bertz CT molecular complexity index is 418. The summed E-state index contributed by atoms with van der Waals surface area (Å²) in [5.74, 6) is 4.46. The molecule has 0 aromatic rings. The fraction of sp³-hybridized carbons (Fsp3) is 1.00. The van der Waals surface area contributed by atoms with Crippen LogP contribution < -0.4 is 0 Å². The lowest BCUT2D eigenvalue weighted by atomic mass is 9.45. The molecule has 0 N–H and O–H groups in total. The molecule has 0 aromatic carbocycles. The van der Waals surface area contributed by atoms with Gasteiger partial charge in [0.25, 0.3) is 0 Å². The van der Waals surface area contributed by atoms with Crippen molar-refractivity contribution >= 4 is 0 Å². The molecule has 0 radical (unpaired) electrons. The van der Waals surface area contributed by atoms with Gasteiger partial charge >= 0.3 is 0 Å². The van der Waals surface area contributed by atoms with Crippen LogP contribution in [0, 0.1) is 40.4 Å². The average Bonchev–Trinajstić information content (AvgIpc) is 2.76. The summed E-state index contributed by atoms with van der Waals surface area (Å²) in [5.41, 5.74) is 1.10. The molecule has 0 heterocycles. The SMILES string of the molecule is CC1CCC2C3CC[C@H]4C[C@H](F)CC[C@]4(C)C3CC[C@]12C. The van der Waals surface area contributed by atoms with Crippen LogP contribution in [0.1, 0.15) is 78.6 Å². The van der Waals surface area contributed by atoms with Gasteiger partial charge in [-0.25, -0.2) is 4.39 Å². The molecular formula is C20H33F. The highest BCUT2D eigenvalue weighted by atomic mass is 19.1. The molecule has 0 aromatic heterocycles. The maximum absolute atomic E-state index is 13.9. The van der Waals surface area contributed by atoms with E-state index in [0.717, 1.165) is 36.5 Å². The third kappa shape index (κ3) is 1.91. The van der Waals surface area contributed by atoms with Crippen molar-refractivity contribution in [2.24, 2.45) is 40.4 Å². The Morgan fingerprint density at radius 3 is 2.33 bits per heavy atom. The number of hydrogen-bond acceptors (Lipinski definition) is 0. The second-order valence-corrected chi connectivity index (χ2v) is 9.55. The van der Waals surface area contributed by atoms with E-state index in [-0.39, 0.29) is 0 Å². The van der Waals surface area contributed by atoms with Crippen LogP contribution in [0.2, 0.25) is 0 Å². The van der Waals surface area contributed by atoms with Crippen molar-refractivity contribution in [2.75, 3.05) is 0 Å². The molecule has 0 amide bonds. The lowest BCUT2D eigenvalue weighted by Crippen LogP contribution is -2.53. The van der Waals surface area contributed by atoms with Crippen LogP contribution in [-0.4, -0.2) is 6.17 Å². The fourth-order valence-corrected chi connectivity index (χ4v) is 7.47. The molecule has 4 fully saturated rings. The van der Waals surface area contributed by atoms with E-state index in [0.29, 0.717) is 16.7 Å². The molecule has 4 rings (SSSR count). The van der Waals surface area contributed by atoms with E-state index in [9.17, 15) is 4.39 Å². The molecule has 4 saturated carbocycles. The Labute approximate surface area is 130 Å². The van der Waals surface area contributed by atoms with Crippen molar-refractivity contribution in [1.29, 1.82) is 0 Å². The molecule has 120 valence electrons. The van der Waals surface area contributed by atoms with Crippen LogP contribution in [0.4, 0.5) is 4.39 Å². The van der Waals surface area contributed by atoms with Crippen LogP contribution >= 0.6 is 0 Å². The van der Waals surface area contributed by atoms with E-state index < -0.39 is 6.17 Å². The molecule has 0 aliphatic heterocycles. The normalized spacial score (nSPS) is 60.0. The van der Waals surface area contributed by atoms with Gasteiger partial charge in [-0.2, -0.15) is 0 Å². The van der Waals surface area contributed by atoms with E-state index >= 15 is 0 Å². The van der Waals surface area contributed by atoms with Gasteiger partial charge in [0.15, 0.2) is 0 Å². The highest BCUT2D eigenvalue weighted by Gasteiger charge is 2.59. The molecule has 4 aliphatic carbocycles. The smallest absolute Gasteiger partial charge is 0.100 e. The van der Waals surface area contributed by atoms with Crippen LogP contribution in [0.25, 0.3) is 0 Å². The molecule has 21 heavy (non-hydrogen) atoms. The first-order valence-corrected chi connectivity index (χ1v) is 9.59. The average molecular weight is 292 g/mol. The predicted molar refractivity (Wildman–Crippen MR) is 85.8 cm³/mol. The van der Waals surface area contributed by atoms with E-state index in [1.54, 1.807) is 0 Å². The number of hydrogen-bond donors (Lipinski definition) is 0. The van der Waals surface area contributed by atoms with Gasteiger partial charge in [-0.15, -0.1) is 0 Å². The molecule has 0 bridgehead atoms. The summed E-state index contributed by atoms with van der Waals surface area (Å²) in [4.78, 5) is 0. The first kappa shape index (κ1) is 14.5. The first-order chi connectivity index (χ1) is 9.95. The first-order valence-electron chi connectivity index (χ1n) is 9.59. The highest BCUT2D eigenvalue weighted by molar-refractivity contribution is 5.08. The second kappa shape index (κ2) is 4.71. The van der Waals surface area contributed by atoms with Gasteiger partial charge in [-0.1, -0.05) is 20.8 Å². The van der Waals surface area contributed by atoms with Crippen LogP contribution in [0.15, 0.2) is 0 Å². The predicted octanol–water partition coefficient (Wildman–Crippen LogP) is 6.00. The molecule has 0 nitrogen and oxygen atoms in total. The minimum atomic E-state index is -0.500. The summed E-state index contributed by atoms with van der Waals surface area (Å²) < 4.78 is 13.9. The van der Waals surface area contributed by atoms with Gasteiger partial charge in [-0.3, -0.25) is 0 Å². The minimum absolute atomic E-state index is 0.471. The van der Waals surface area contributed by atoms with Gasteiger partial charge < -0.3 is 0 Å². The zero-order chi connectivity index (χ0) is 14.8. The van der Waals surface area contributed by atoms with Crippen LogP contribution in [-0.2, 0) is 0 Å². The summed E-state index contributed by atoms with van der Waals surface area (Å²) in [6.07, 6.45) is 10.9. The lowest BCUT2D eigenvalue weighted by Gasteiger charge is -2.60. The van der Waals surface area contributed by atoms with Crippen molar-refractivity contribution in [3.63, 3.8) is 0 Å². The van der Waals surface area contributed by atoms with Gasteiger partial charge in [-0.05, 0) is 98.2 Å². The Balaban J connectivity index is 1.62. The number of alkyl halides is 1. The zero-order valence-electron chi connectivity index (χ0n) is 14.2. The van der Waals surface area contributed by atoms with Crippen molar-refractivity contribution in [3.05, 3.63) is 0 Å². The van der Waals surface area contributed by atoms with Gasteiger partial charge in [0, 0.05) is 0 Å². The van der Waals surface area contributed by atoms with E-state index in [4.69, 9.17) is 0 Å². The van der Waals surface area contributed by atoms with Crippen molar-refractivity contribution < 1.29 is 4.39 Å². The Hall–Kier alpha value is -0.0700. The molecule has 4 aliphatic rings. The largest absolute Gasteiger partial charge is 0.247 e. The minimum Gasteiger partial charge on any atom is -0.247 e. The van der Waals surface area contributed by atoms with Gasteiger partial charge in [0.2, 0.25) is 0 Å². The third-order valence-corrected chi connectivity index (χ3v) is 9.08. The molecular weight excluding hydrogens is 259 g/mol. The van der Waals surface area contributed by atoms with Crippen molar-refractivity contribution in [2.45, 2.75) is 84.7 Å². The number of rotatable bonds is 0. The van der Waals surface area contributed by atoms with Crippen LogP contribution in [0.5, 0.6) is 0 Å². The summed E-state index contributed by atoms with van der Waals surface area (Å²) in [5, 5.41) is 0. The fourth-order valence-electron chi connectivity index (χ4n) is 7.47. The standard InChI is InChI=1S/C20H33F/c1-13-4-7-17-16-6-5-14-12-15(21)8-10-20(14,3)18(16)9-11-19(13,17)2/h13-18H,4-12H2,1-3H3/t13?,14-,15+,16?,17?,18?,19+,20-/m0/s1. The quantitative estimate of drug-likeness (QED) is 0.513. The zero-order valence-corrected chi connectivity index (χ0v) is 14.2. The molecule has 0 spiro atoms. The summed E-state index contributed by atoms with van der Waals surface area (Å²) in [7, 11) is 0. The van der Waals surface area contributed by atoms with Gasteiger partial charge in [0.05, 0.1) is 0 Å². The van der Waals surface area contributed by atoms with E-state index in [1.165, 1.54) is 44.9 Å². The van der Waals surface area contributed by atoms with E-state index in [2.05, 4.69) is 20.8 Å². The van der Waals surface area contributed by atoms with Crippen molar-refractivity contribution in [3.8, 4) is 0 Å². The maximum atomic E-state index is 13.9. The number of fused-ring (bicyclic) bond motifs is 5. The van der Waals surface area contributed by atoms with Crippen LogP contribution in [0.3, 0.4) is 0 Å². The topological polar surface area (TPSA) is 0 Å². The molecule has 1 heteroatoms. The molecule has 0 saturated heterocycles. The lowest BCUT2D eigenvalue weighted by molar-refractivity contribution is -0.118. The number of halogens is 1. The maximum Gasteiger partial charge on any atom is 0.100 e. The monoisotopic (exact) mass is 292 g/mol. The second-order valence-electron chi connectivity index (χ2n) is 9.55. The van der Waals surface area contributed by atoms with Crippen molar-refractivity contribution in [1.82, 2.24) is 0 Å². The Kier molecular flexibility index (Phi) is 3.26. The highest BCUT2D eigenvalue weighted by Crippen LogP contribution is 2.67. The third-order valence-electron chi connectivity index (χ3n) is 9.08. The summed E-state index contributed by atoms with van der Waals surface area (Å²) in [6, 6.07) is 0. The Morgan fingerprint density at radius 1 is 0.810 bits per heavy atom. The van der Waals surface area contributed by atoms with E-state index in [1.807, 2.05) is 0 Å². The van der Waals surface area contributed by atoms with Gasteiger partial charge in [0.1, 0.15) is 6.17 Å². The molecule has 8 atom stereocenters. The summed E-state index contributed by atoms with van der Waals surface area (Å²) >= 11 is 0. The Morgan fingerprint density at radius 2 is 1.52 bits per heavy atom.